The molecule has 2 aromatic carbocycles. The van der Waals surface area contributed by atoms with Crippen LogP contribution in [0.2, 0.25) is 0 Å². The molecule has 0 radical (unpaired) electrons. The lowest BCUT2D eigenvalue weighted by Crippen LogP contribution is -1.99. The second-order valence-electron chi connectivity index (χ2n) is 9.70. The summed E-state index contributed by atoms with van der Waals surface area (Å²) in [5, 5.41) is 0. The summed E-state index contributed by atoms with van der Waals surface area (Å²) in [6, 6.07) is 17.1. The lowest BCUT2D eigenvalue weighted by atomic mass is 9.95. The first-order chi connectivity index (χ1) is 17.3. The molecule has 3 nitrogen and oxygen atoms in total. The molecule has 0 aliphatic heterocycles. The van der Waals surface area contributed by atoms with Crippen LogP contribution in [-0.4, -0.2) is 18.2 Å². The predicted octanol–water partition coefficient (Wildman–Crippen LogP) is 8.82. The van der Waals surface area contributed by atoms with E-state index in [0.717, 1.165) is 56.1 Å². The molecule has 1 heterocycles. The molecule has 1 aliphatic rings. The number of aromatic nitrogens is 1. The summed E-state index contributed by atoms with van der Waals surface area (Å²) in [6.45, 7) is 6.07. The van der Waals surface area contributed by atoms with Crippen molar-refractivity contribution < 1.29 is 9.47 Å². The first-order valence-electron chi connectivity index (χ1n) is 13.8. The van der Waals surface area contributed by atoms with Crippen molar-refractivity contribution in [2.75, 3.05) is 13.2 Å². The van der Waals surface area contributed by atoms with Crippen LogP contribution < -0.4 is 9.47 Å². The standard InChI is InChI=1S/C32H41NO2/c1-3-5-7-9-22-34-27-18-14-25(15-19-27)31-24-33-32(30-13-11-12-29(30)31)26-16-20-28(21-17-26)35-23-10-8-6-4-2/h14-21,24H,3-13,22-23H2,1-2H3. The fourth-order valence-electron chi connectivity index (χ4n) is 4.96. The van der Waals surface area contributed by atoms with E-state index in [9.17, 15) is 0 Å². The van der Waals surface area contributed by atoms with Crippen LogP contribution in [0.25, 0.3) is 22.4 Å². The number of hydrogen-bond acceptors (Lipinski definition) is 3. The molecule has 0 unspecified atom stereocenters. The molecule has 3 heteroatoms. The minimum absolute atomic E-state index is 0.796. The summed E-state index contributed by atoms with van der Waals surface area (Å²) in [5.41, 5.74) is 7.67. The Labute approximate surface area is 211 Å². The van der Waals surface area contributed by atoms with Crippen LogP contribution in [0.5, 0.6) is 11.5 Å². The molecular weight excluding hydrogens is 430 g/mol. The van der Waals surface area contributed by atoms with Crippen molar-refractivity contribution in [2.45, 2.75) is 84.5 Å². The molecule has 4 rings (SSSR count). The Hall–Kier alpha value is -2.81. The van der Waals surface area contributed by atoms with Crippen molar-refractivity contribution in [3.05, 3.63) is 65.9 Å². The maximum Gasteiger partial charge on any atom is 0.119 e. The van der Waals surface area contributed by atoms with E-state index in [1.807, 2.05) is 0 Å². The lowest BCUT2D eigenvalue weighted by Gasteiger charge is -2.14. The molecular formula is C32H41NO2. The first-order valence-corrected chi connectivity index (χ1v) is 13.8. The van der Waals surface area contributed by atoms with Gasteiger partial charge in [-0.05, 0) is 85.2 Å². The molecule has 35 heavy (non-hydrogen) atoms. The summed E-state index contributed by atoms with van der Waals surface area (Å²) in [7, 11) is 0. The minimum Gasteiger partial charge on any atom is -0.494 e. The maximum atomic E-state index is 5.94. The third-order valence-electron chi connectivity index (χ3n) is 6.98. The zero-order valence-corrected chi connectivity index (χ0v) is 21.7. The average Bonchev–Trinajstić information content (AvgIpc) is 3.39. The van der Waals surface area contributed by atoms with E-state index in [1.54, 1.807) is 0 Å². The molecule has 0 fully saturated rings. The zero-order chi connectivity index (χ0) is 24.3. The number of rotatable bonds is 14. The largest absolute Gasteiger partial charge is 0.494 e. The van der Waals surface area contributed by atoms with Gasteiger partial charge in [0.05, 0.1) is 18.9 Å². The van der Waals surface area contributed by atoms with Crippen molar-refractivity contribution in [2.24, 2.45) is 0 Å². The van der Waals surface area contributed by atoms with Crippen molar-refractivity contribution in [3.8, 4) is 33.9 Å². The number of pyridine rings is 1. The highest BCUT2D eigenvalue weighted by atomic mass is 16.5. The summed E-state index contributed by atoms with van der Waals surface area (Å²) in [4.78, 5) is 4.95. The molecule has 1 aliphatic carbocycles. The Morgan fingerprint density at radius 2 is 1.17 bits per heavy atom. The van der Waals surface area contributed by atoms with Gasteiger partial charge in [-0.1, -0.05) is 64.5 Å². The summed E-state index contributed by atoms with van der Waals surface area (Å²) in [6.07, 6.45) is 15.3. The van der Waals surface area contributed by atoms with E-state index in [4.69, 9.17) is 14.5 Å². The van der Waals surface area contributed by atoms with Crippen LogP contribution in [0.4, 0.5) is 0 Å². The molecule has 1 aromatic heterocycles. The van der Waals surface area contributed by atoms with E-state index in [-0.39, 0.29) is 0 Å². The van der Waals surface area contributed by atoms with Crippen LogP contribution >= 0.6 is 0 Å². The van der Waals surface area contributed by atoms with Crippen molar-refractivity contribution in [3.63, 3.8) is 0 Å². The molecule has 0 saturated heterocycles. The van der Waals surface area contributed by atoms with E-state index in [0.29, 0.717) is 0 Å². The quantitative estimate of drug-likeness (QED) is 0.220. The fourth-order valence-corrected chi connectivity index (χ4v) is 4.96. The topological polar surface area (TPSA) is 31.4 Å². The van der Waals surface area contributed by atoms with Gasteiger partial charge in [-0.25, -0.2) is 0 Å². The summed E-state index contributed by atoms with van der Waals surface area (Å²) < 4.78 is 11.9. The van der Waals surface area contributed by atoms with Crippen molar-refractivity contribution in [1.29, 1.82) is 0 Å². The highest BCUT2D eigenvalue weighted by Gasteiger charge is 2.21. The normalized spacial score (nSPS) is 12.5. The van der Waals surface area contributed by atoms with E-state index in [2.05, 4.69) is 68.6 Å². The monoisotopic (exact) mass is 471 g/mol. The Bertz CT molecular complexity index is 956. The molecule has 3 aromatic rings. The van der Waals surface area contributed by atoms with E-state index < -0.39 is 0 Å². The second-order valence-corrected chi connectivity index (χ2v) is 9.70. The second kappa shape index (κ2) is 13.3. The smallest absolute Gasteiger partial charge is 0.119 e. The summed E-state index contributed by atoms with van der Waals surface area (Å²) >= 11 is 0. The van der Waals surface area contributed by atoms with Gasteiger partial charge in [0.15, 0.2) is 0 Å². The number of benzene rings is 2. The maximum absolute atomic E-state index is 5.94. The molecule has 0 spiro atoms. The van der Waals surface area contributed by atoms with Crippen molar-refractivity contribution in [1.82, 2.24) is 4.98 Å². The van der Waals surface area contributed by atoms with Gasteiger partial charge in [0, 0.05) is 17.3 Å². The van der Waals surface area contributed by atoms with Gasteiger partial charge in [-0.2, -0.15) is 0 Å². The SMILES string of the molecule is CCCCCCOc1ccc(-c2cnc(-c3ccc(OCCCCCC)cc3)c3c2CCC3)cc1. The molecule has 0 saturated carbocycles. The van der Waals surface area contributed by atoms with Gasteiger partial charge in [-0.15, -0.1) is 0 Å². The number of nitrogens with zero attached hydrogens (tertiary/aromatic N) is 1. The van der Waals surface area contributed by atoms with Gasteiger partial charge in [0.2, 0.25) is 0 Å². The first kappa shape index (κ1) is 25.3. The number of hydrogen-bond donors (Lipinski definition) is 0. The van der Waals surface area contributed by atoms with Crippen LogP contribution in [0.1, 0.15) is 82.8 Å². The number of ether oxygens (including phenoxy) is 2. The Morgan fingerprint density at radius 3 is 1.74 bits per heavy atom. The van der Waals surface area contributed by atoms with Gasteiger partial charge < -0.3 is 9.47 Å². The van der Waals surface area contributed by atoms with Crippen molar-refractivity contribution >= 4 is 0 Å². The lowest BCUT2D eigenvalue weighted by molar-refractivity contribution is 0.305. The highest BCUT2D eigenvalue weighted by Crippen LogP contribution is 2.38. The van der Waals surface area contributed by atoms with Crippen LogP contribution in [-0.2, 0) is 12.8 Å². The zero-order valence-electron chi connectivity index (χ0n) is 21.7. The van der Waals surface area contributed by atoms with Crippen LogP contribution in [0.15, 0.2) is 54.7 Å². The Morgan fingerprint density at radius 1 is 0.629 bits per heavy atom. The third kappa shape index (κ3) is 6.87. The van der Waals surface area contributed by atoms with E-state index in [1.165, 1.54) is 72.8 Å². The van der Waals surface area contributed by atoms with Crippen LogP contribution in [0, 0.1) is 0 Å². The number of unbranched alkanes of at least 4 members (excludes halogenated alkanes) is 6. The molecule has 0 bridgehead atoms. The van der Waals surface area contributed by atoms with Gasteiger partial charge in [0.25, 0.3) is 0 Å². The van der Waals surface area contributed by atoms with Gasteiger partial charge >= 0.3 is 0 Å². The molecule has 0 amide bonds. The number of fused-ring (bicyclic) bond motifs is 1. The predicted molar refractivity (Wildman–Crippen MR) is 146 cm³/mol. The van der Waals surface area contributed by atoms with Crippen LogP contribution in [0.3, 0.4) is 0 Å². The Kier molecular flexibility index (Phi) is 9.63. The minimum atomic E-state index is 0.796. The van der Waals surface area contributed by atoms with Gasteiger partial charge in [0.1, 0.15) is 11.5 Å². The van der Waals surface area contributed by atoms with Gasteiger partial charge in [-0.3, -0.25) is 4.98 Å². The van der Waals surface area contributed by atoms with E-state index >= 15 is 0 Å². The highest BCUT2D eigenvalue weighted by molar-refractivity contribution is 5.75. The average molecular weight is 472 g/mol. The molecule has 0 atom stereocenters. The fraction of sp³-hybridized carbons (Fsp3) is 0.469. The third-order valence-corrected chi connectivity index (χ3v) is 6.98. The Balaban J connectivity index is 1.42. The summed E-state index contributed by atoms with van der Waals surface area (Å²) in [5.74, 6) is 1.91. The molecule has 0 N–H and O–H groups in total. The molecule has 186 valence electrons.